The molecule has 2 amide bonds. The predicted octanol–water partition coefficient (Wildman–Crippen LogP) is -0.467. The van der Waals surface area contributed by atoms with Gasteiger partial charge in [-0.15, -0.1) is 0 Å². The average molecular weight is 259 g/mol. The summed E-state index contributed by atoms with van der Waals surface area (Å²) in [6, 6.07) is -0.586. The van der Waals surface area contributed by atoms with Crippen LogP contribution in [0, 0.1) is 5.92 Å². The molecule has 18 heavy (non-hydrogen) atoms. The van der Waals surface area contributed by atoms with Crippen molar-refractivity contribution in [1.29, 1.82) is 0 Å². The molecule has 0 aliphatic heterocycles. The zero-order valence-corrected chi connectivity index (χ0v) is 12.0. The van der Waals surface area contributed by atoms with Crippen LogP contribution in [-0.2, 0) is 14.3 Å². The third-order valence-electron chi connectivity index (χ3n) is 2.71. The molecule has 6 nitrogen and oxygen atoms in total. The molecule has 0 aromatic heterocycles. The summed E-state index contributed by atoms with van der Waals surface area (Å²) in [5, 5.41) is 0. The largest absolute Gasteiger partial charge is 0.383 e. The number of amides is 2. The molecule has 0 rings (SSSR count). The van der Waals surface area contributed by atoms with Gasteiger partial charge in [-0.1, -0.05) is 13.8 Å². The summed E-state index contributed by atoms with van der Waals surface area (Å²) < 4.78 is 4.95. The number of methoxy groups -OCH3 is 1. The molecule has 106 valence electrons. The molecule has 0 radical (unpaired) electrons. The van der Waals surface area contributed by atoms with Crippen LogP contribution in [0.2, 0.25) is 0 Å². The quantitative estimate of drug-likeness (QED) is 0.671. The van der Waals surface area contributed by atoms with Crippen molar-refractivity contribution in [3.05, 3.63) is 0 Å². The Morgan fingerprint density at radius 1 is 1.28 bits per heavy atom. The van der Waals surface area contributed by atoms with Crippen LogP contribution in [0.5, 0.6) is 0 Å². The van der Waals surface area contributed by atoms with E-state index in [9.17, 15) is 9.59 Å². The highest BCUT2D eigenvalue weighted by Crippen LogP contribution is 2.04. The van der Waals surface area contributed by atoms with E-state index >= 15 is 0 Å². The molecule has 0 heterocycles. The first kappa shape index (κ1) is 16.9. The van der Waals surface area contributed by atoms with Gasteiger partial charge < -0.3 is 20.3 Å². The van der Waals surface area contributed by atoms with Gasteiger partial charge in [0.2, 0.25) is 11.8 Å². The van der Waals surface area contributed by atoms with E-state index in [4.69, 9.17) is 10.5 Å². The summed E-state index contributed by atoms with van der Waals surface area (Å²) in [6.07, 6.45) is 0. The normalized spacial score (nSPS) is 12.4. The molecule has 0 saturated carbocycles. The van der Waals surface area contributed by atoms with Gasteiger partial charge in [0.15, 0.2) is 0 Å². The lowest BCUT2D eigenvalue weighted by atomic mass is 10.0. The summed E-state index contributed by atoms with van der Waals surface area (Å²) in [5.41, 5.74) is 5.83. The lowest BCUT2D eigenvalue weighted by Gasteiger charge is -2.27. The first-order valence-electron chi connectivity index (χ1n) is 6.04. The summed E-state index contributed by atoms with van der Waals surface area (Å²) >= 11 is 0. The maximum absolute atomic E-state index is 12.1. The third-order valence-corrected chi connectivity index (χ3v) is 2.71. The van der Waals surface area contributed by atoms with E-state index in [0.29, 0.717) is 13.2 Å². The van der Waals surface area contributed by atoms with Crippen molar-refractivity contribution >= 4 is 11.8 Å². The van der Waals surface area contributed by atoms with E-state index < -0.39 is 6.04 Å². The smallest absolute Gasteiger partial charge is 0.241 e. The minimum absolute atomic E-state index is 0.0373. The number of ether oxygens (including phenoxy) is 1. The minimum atomic E-state index is -0.586. The second-order valence-corrected chi connectivity index (χ2v) is 4.81. The summed E-state index contributed by atoms with van der Waals surface area (Å²) in [5.74, 6) is -0.301. The van der Waals surface area contributed by atoms with Gasteiger partial charge in [0.25, 0.3) is 0 Å². The Hall–Kier alpha value is -1.14. The lowest BCUT2D eigenvalue weighted by Crippen LogP contribution is -2.50. The molecule has 2 N–H and O–H groups in total. The Morgan fingerprint density at radius 3 is 2.22 bits per heavy atom. The van der Waals surface area contributed by atoms with Gasteiger partial charge in [-0.05, 0) is 5.92 Å². The van der Waals surface area contributed by atoms with Crippen molar-refractivity contribution in [3.8, 4) is 0 Å². The summed E-state index contributed by atoms with van der Waals surface area (Å²) in [4.78, 5) is 26.7. The van der Waals surface area contributed by atoms with Crippen LogP contribution in [0.1, 0.15) is 13.8 Å². The zero-order valence-electron chi connectivity index (χ0n) is 12.0. The fourth-order valence-electron chi connectivity index (χ4n) is 1.27. The van der Waals surface area contributed by atoms with Crippen LogP contribution in [-0.4, -0.2) is 68.6 Å². The lowest BCUT2D eigenvalue weighted by molar-refractivity contribution is -0.141. The molecule has 0 spiro atoms. The summed E-state index contributed by atoms with van der Waals surface area (Å²) in [6.45, 7) is 4.55. The number of hydrogen-bond acceptors (Lipinski definition) is 4. The van der Waals surface area contributed by atoms with E-state index in [1.165, 1.54) is 9.80 Å². The van der Waals surface area contributed by atoms with E-state index in [-0.39, 0.29) is 24.3 Å². The highest BCUT2D eigenvalue weighted by molar-refractivity contribution is 5.87. The van der Waals surface area contributed by atoms with Crippen LogP contribution in [0.4, 0.5) is 0 Å². The van der Waals surface area contributed by atoms with Crippen molar-refractivity contribution in [2.24, 2.45) is 11.7 Å². The number of rotatable bonds is 7. The first-order valence-corrected chi connectivity index (χ1v) is 6.04. The molecule has 0 aromatic rings. The van der Waals surface area contributed by atoms with Gasteiger partial charge in [0, 0.05) is 27.7 Å². The van der Waals surface area contributed by atoms with Crippen LogP contribution >= 0.6 is 0 Å². The Labute approximate surface area is 109 Å². The second-order valence-electron chi connectivity index (χ2n) is 4.81. The van der Waals surface area contributed by atoms with Gasteiger partial charge >= 0.3 is 0 Å². The summed E-state index contributed by atoms with van der Waals surface area (Å²) in [7, 11) is 4.87. The van der Waals surface area contributed by atoms with E-state index in [1.807, 2.05) is 13.8 Å². The number of likely N-dealkylation sites (N-methyl/N-ethyl adjacent to an activating group) is 1. The van der Waals surface area contributed by atoms with Gasteiger partial charge in [-0.3, -0.25) is 9.59 Å². The minimum Gasteiger partial charge on any atom is -0.383 e. The van der Waals surface area contributed by atoms with Crippen molar-refractivity contribution in [2.45, 2.75) is 19.9 Å². The van der Waals surface area contributed by atoms with E-state index in [0.717, 1.165) is 0 Å². The highest BCUT2D eigenvalue weighted by Gasteiger charge is 2.25. The molecular weight excluding hydrogens is 234 g/mol. The van der Waals surface area contributed by atoms with Gasteiger partial charge in [0.1, 0.15) is 0 Å². The second kappa shape index (κ2) is 8.05. The average Bonchev–Trinajstić information content (AvgIpc) is 2.31. The maximum atomic E-state index is 12.1. The van der Waals surface area contributed by atoms with Crippen molar-refractivity contribution in [3.63, 3.8) is 0 Å². The molecule has 0 bridgehead atoms. The highest BCUT2D eigenvalue weighted by atomic mass is 16.5. The number of carbonyl (C=O) groups is 2. The molecule has 0 aromatic carbocycles. The van der Waals surface area contributed by atoms with Crippen molar-refractivity contribution in [2.75, 3.05) is 40.9 Å². The van der Waals surface area contributed by atoms with Gasteiger partial charge in [0.05, 0.1) is 19.2 Å². The fourth-order valence-corrected chi connectivity index (χ4v) is 1.27. The SMILES string of the molecule is COCCN(CC(=O)N(C)C)C(=O)[C@H](N)C(C)C. The standard InChI is InChI=1S/C12H25N3O3/c1-9(2)11(13)12(17)15(6-7-18-5)8-10(16)14(3)4/h9,11H,6-8,13H2,1-5H3/t11-/m1/s1. The predicted molar refractivity (Wildman–Crippen MR) is 70.0 cm³/mol. The van der Waals surface area contributed by atoms with Crippen LogP contribution in [0.25, 0.3) is 0 Å². The van der Waals surface area contributed by atoms with Crippen LogP contribution < -0.4 is 5.73 Å². The number of hydrogen-bond donors (Lipinski definition) is 1. The fraction of sp³-hybridized carbons (Fsp3) is 0.833. The van der Waals surface area contributed by atoms with Crippen molar-refractivity contribution in [1.82, 2.24) is 9.80 Å². The van der Waals surface area contributed by atoms with Gasteiger partial charge in [-0.2, -0.15) is 0 Å². The molecular formula is C12H25N3O3. The first-order chi connectivity index (χ1) is 8.31. The molecule has 0 aliphatic carbocycles. The Bertz CT molecular complexity index is 280. The maximum Gasteiger partial charge on any atom is 0.241 e. The zero-order chi connectivity index (χ0) is 14.3. The van der Waals surface area contributed by atoms with Crippen LogP contribution in [0.15, 0.2) is 0 Å². The van der Waals surface area contributed by atoms with Gasteiger partial charge in [-0.25, -0.2) is 0 Å². The van der Waals surface area contributed by atoms with E-state index in [2.05, 4.69) is 0 Å². The topological polar surface area (TPSA) is 75.9 Å². The number of carbonyl (C=O) groups excluding carboxylic acids is 2. The molecule has 0 fully saturated rings. The number of nitrogens with two attached hydrogens (primary N) is 1. The molecule has 6 heteroatoms. The Morgan fingerprint density at radius 2 is 1.83 bits per heavy atom. The van der Waals surface area contributed by atoms with Crippen LogP contribution in [0.3, 0.4) is 0 Å². The Kier molecular flexibility index (Phi) is 7.54. The molecule has 0 saturated heterocycles. The number of nitrogens with zero attached hydrogens (tertiary/aromatic N) is 2. The molecule has 1 atom stereocenters. The molecule has 0 unspecified atom stereocenters. The van der Waals surface area contributed by atoms with E-state index in [1.54, 1.807) is 21.2 Å². The Balaban J connectivity index is 4.66. The molecule has 0 aliphatic rings. The monoisotopic (exact) mass is 259 g/mol. The third kappa shape index (κ3) is 5.46. The van der Waals surface area contributed by atoms with Crippen molar-refractivity contribution < 1.29 is 14.3 Å².